The number of aliphatic hydroxyl groups is 2. The van der Waals surface area contributed by atoms with Gasteiger partial charge in [0.2, 0.25) is 0 Å². The van der Waals surface area contributed by atoms with Gasteiger partial charge in [0.15, 0.2) is 0 Å². The average Bonchev–Trinajstić information content (AvgIpc) is 2.69. The molecule has 2 atom stereocenters. The van der Waals surface area contributed by atoms with Crippen LogP contribution in [-0.2, 0) is 11.2 Å². The first-order chi connectivity index (χ1) is 13.4. The Bertz CT molecular complexity index is 749. The number of rotatable bonds is 9. The molecule has 0 heterocycles. The first-order valence-corrected chi connectivity index (χ1v) is 9.48. The lowest BCUT2D eigenvalue weighted by molar-refractivity contribution is -0.144. The van der Waals surface area contributed by atoms with Crippen LogP contribution in [0.15, 0.2) is 72.8 Å². The minimum atomic E-state index is -1.63. The van der Waals surface area contributed by atoms with Crippen LogP contribution < -0.4 is 9.47 Å². The lowest BCUT2D eigenvalue weighted by Crippen LogP contribution is -2.45. The number of hydrogen-bond donors (Lipinski definition) is 2. The molecule has 28 heavy (non-hydrogen) atoms. The molecule has 0 aromatic heterocycles. The summed E-state index contributed by atoms with van der Waals surface area (Å²) in [7, 11) is 0. The Morgan fingerprint density at radius 3 is 1.43 bits per heavy atom. The normalized spacial score (nSPS) is 16.1. The van der Waals surface area contributed by atoms with E-state index in [0.29, 0.717) is 35.8 Å². The fraction of sp³-hybridized carbons (Fsp3) is 0.333. The smallest absolute Gasteiger partial charge is 0.125 e. The molecule has 4 nitrogen and oxygen atoms in total. The molecule has 0 aliphatic carbocycles. The van der Waals surface area contributed by atoms with Gasteiger partial charge in [0.25, 0.3) is 0 Å². The van der Waals surface area contributed by atoms with Crippen LogP contribution in [0.3, 0.4) is 0 Å². The molecule has 2 N–H and O–H groups in total. The van der Waals surface area contributed by atoms with E-state index in [0.717, 1.165) is 0 Å². The van der Waals surface area contributed by atoms with Crippen LogP contribution in [0.1, 0.15) is 38.8 Å². The lowest BCUT2D eigenvalue weighted by atomic mass is 9.75. The van der Waals surface area contributed by atoms with E-state index >= 15 is 0 Å². The van der Waals surface area contributed by atoms with Gasteiger partial charge < -0.3 is 19.7 Å². The van der Waals surface area contributed by atoms with E-state index < -0.39 is 11.2 Å². The van der Waals surface area contributed by atoms with Crippen LogP contribution in [0.4, 0.5) is 0 Å². The predicted molar refractivity (Wildman–Crippen MR) is 113 cm³/mol. The maximum atomic E-state index is 11.5. The molecule has 2 rings (SSSR count). The molecule has 0 radical (unpaired) electrons. The standard InChI is InChI=1S/C24H30O4/c1-5-7-17-27-21-15-11-9-13-19(21)23(3,25)24(4,26)20-14-10-12-16-22(20)28-18-8-6-2/h5-16,25-26H,17-18H2,1-4H3/b7-5+,8-6+. The number of ether oxygens (including phenoxy) is 2. The quantitative estimate of drug-likeness (QED) is 0.617. The Labute approximate surface area is 167 Å². The minimum Gasteiger partial charge on any atom is -0.489 e. The van der Waals surface area contributed by atoms with Gasteiger partial charge in [-0.25, -0.2) is 0 Å². The van der Waals surface area contributed by atoms with Crippen molar-refractivity contribution in [3.63, 3.8) is 0 Å². The summed E-state index contributed by atoms with van der Waals surface area (Å²) in [4.78, 5) is 0. The third kappa shape index (κ3) is 4.64. The van der Waals surface area contributed by atoms with E-state index in [4.69, 9.17) is 9.47 Å². The van der Waals surface area contributed by atoms with Crippen molar-refractivity contribution in [3.05, 3.63) is 84.0 Å². The Morgan fingerprint density at radius 2 is 1.07 bits per heavy atom. The summed E-state index contributed by atoms with van der Waals surface area (Å²) < 4.78 is 11.6. The van der Waals surface area contributed by atoms with E-state index in [9.17, 15) is 10.2 Å². The van der Waals surface area contributed by atoms with E-state index in [1.807, 2.05) is 62.4 Å². The molecule has 0 aliphatic rings. The van der Waals surface area contributed by atoms with Gasteiger partial charge in [-0.15, -0.1) is 0 Å². The van der Waals surface area contributed by atoms with Crippen LogP contribution in [0.5, 0.6) is 11.5 Å². The van der Waals surface area contributed by atoms with Gasteiger partial charge in [0.05, 0.1) is 0 Å². The van der Waals surface area contributed by atoms with Crippen LogP contribution in [0, 0.1) is 0 Å². The largest absolute Gasteiger partial charge is 0.489 e. The molecule has 2 unspecified atom stereocenters. The molecule has 0 saturated heterocycles. The molecule has 2 aromatic rings. The fourth-order valence-corrected chi connectivity index (χ4v) is 2.98. The summed E-state index contributed by atoms with van der Waals surface area (Å²) in [5.41, 5.74) is -2.24. The van der Waals surface area contributed by atoms with Crippen LogP contribution in [-0.4, -0.2) is 23.4 Å². The van der Waals surface area contributed by atoms with Gasteiger partial charge in [-0.05, 0) is 39.8 Å². The summed E-state index contributed by atoms with van der Waals surface area (Å²) in [5.74, 6) is 1.05. The summed E-state index contributed by atoms with van der Waals surface area (Å²) in [5, 5.41) is 23.0. The summed E-state index contributed by atoms with van der Waals surface area (Å²) in [6, 6.07) is 14.4. The average molecular weight is 383 g/mol. The van der Waals surface area contributed by atoms with Gasteiger partial charge >= 0.3 is 0 Å². The molecule has 150 valence electrons. The monoisotopic (exact) mass is 382 g/mol. The van der Waals surface area contributed by atoms with Gasteiger partial charge in [-0.1, -0.05) is 60.7 Å². The van der Waals surface area contributed by atoms with Crippen molar-refractivity contribution in [1.29, 1.82) is 0 Å². The van der Waals surface area contributed by atoms with Crippen LogP contribution >= 0.6 is 0 Å². The van der Waals surface area contributed by atoms with Crippen molar-refractivity contribution < 1.29 is 19.7 Å². The van der Waals surface area contributed by atoms with E-state index in [2.05, 4.69) is 0 Å². The number of para-hydroxylation sites is 2. The second kappa shape index (κ2) is 9.58. The van der Waals surface area contributed by atoms with Crippen molar-refractivity contribution in [1.82, 2.24) is 0 Å². The molecule has 0 bridgehead atoms. The summed E-state index contributed by atoms with van der Waals surface area (Å²) in [6.45, 7) is 7.78. The summed E-state index contributed by atoms with van der Waals surface area (Å²) in [6.07, 6.45) is 7.56. The Balaban J connectivity index is 2.45. The maximum absolute atomic E-state index is 11.5. The number of hydrogen-bond acceptors (Lipinski definition) is 4. The van der Waals surface area contributed by atoms with Crippen molar-refractivity contribution in [3.8, 4) is 11.5 Å². The first-order valence-electron chi connectivity index (χ1n) is 9.48. The number of allylic oxidation sites excluding steroid dienone is 2. The minimum absolute atomic E-state index is 0.384. The fourth-order valence-electron chi connectivity index (χ4n) is 2.98. The second-order valence-electron chi connectivity index (χ2n) is 6.90. The highest BCUT2D eigenvalue weighted by Crippen LogP contribution is 2.46. The SMILES string of the molecule is C/C=C/COc1ccccc1C(C)(O)C(C)(O)c1ccccc1OC/C=C/C. The third-order valence-electron chi connectivity index (χ3n) is 4.91. The molecule has 0 aliphatic heterocycles. The molecule has 0 spiro atoms. The van der Waals surface area contributed by atoms with Gasteiger partial charge in [-0.3, -0.25) is 0 Å². The van der Waals surface area contributed by atoms with Crippen molar-refractivity contribution in [2.24, 2.45) is 0 Å². The molecule has 0 amide bonds. The Hall–Kier alpha value is -2.56. The molecular weight excluding hydrogens is 352 g/mol. The highest BCUT2D eigenvalue weighted by Gasteiger charge is 2.47. The van der Waals surface area contributed by atoms with Crippen molar-refractivity contribution >= 4 is 0 Å². The van der Waals surface area contributed by atoms with Crippen molar-refractivity contribution in [2.45, 2.75) is 38.9 Å². The molecular formula is C24H30O4. The van der Waals surface area contributed by atoms with Crippen LogP contribution in [0.2, 0.25) is 0 Å². The van der Waals surface area contributed by atoms with Gasteiger partial charge in [0.1, 0.15) is 35.9 Å². The zero-order valence-corrected chi connectivity index (χ0v) is 17.1. The molecule has 0 fully saturated rings. The van der Waals surface area contributed by atoms with Crippen LogP contribution in [0.25, 0.3) is 0 Å². The van der Waals surface area contributed by atoms with Crippen molar-refractivity contribution in [2.75, 3.05) is 13.2 Å². The molecule has 0 saturated carbocycles. The highest BCUT2D eigenvalue weighted by atomic mass is 16.5. The molecule has 4 heteroatoms. The predicted octanol–water partition coefficient (Wildman–Crippen LogP) is 4.71. The molecule has 2 aromatic carbocycles. The maximum Gasteiger partial charge on any atom is 0.125 e. The highest BCUT2D eigenvalue weighted by molar-refractivity contribution is 5.45. The van der Waals surface area contributed by atoms with Gasteiger partial charge in [0, 0.05) is 11.1 Å². The van der Waals surface area contributed by atoms with E-state index in [1.165, 1.54) is 0 Å². The zero-order chi connectivity index (χ0) is 20.6. The van der Waals surface area contributed by atoms with E-state index in [1.54, 1.807) is 38.1 Å². The Morgan fingerprint density at radius 1 is 0.714 bits per heavy atom. The Kier molecular flexibility index (Phi) is 7.44. The topological polar surface area (TPSA) is 58.9 Å². The lowest BCUT2D eigenvalue weighted by Gasteiger charge is -2.40. The second-order valence-corrected chi connectivity index (χ2v) is 6.90. The van der Waals surface area contributed by atoms with E-state index in [-0.39, 0.29) is 0 Å². The first kappa shape index (κ1) is 21.7. The third-order valence-corrected chi connectivity index (χ3v) is 4.91. The number of benzene rings is 2. The summed E-state index contributed by atoms with van der Waals surface area (Å²) >= 11 is 0. The zero-order valence-electron chi connectivity index (χ0n) is 17.1. The van der Waals surface area contributed by atoms with Gasteiger partial charge in [-0.2, -0.15) is 0 Å².